The number of aromatic nitrogens is 2. The van der Waals surface area contributed by atoms with Crippen LogP contribution >= 0.6 is 24.8 Å². The quantitative estimate of drug-likeness (QED) is 0.912. The minimum absolute atomic E-state index is 0. The maximum absolute atomic E-state index is 4.42. The smallest absolute Gasteiger partial charge is 0.122 e. The monoisotopic (exact) mass is 280 g/mol. The summed E-state index contributed by atoms with van der Waals surface area (Å²) >= 11 is 0. The number of nitrogens with zero attached hydrogens (tertiary/aromatic N) is 3. The van der Waals surface area contributed by atoms with Gasteiger partial charge in [-0.25, -0.2) is 4.98 Å². The van der Waals surface area contributed by atoms with Gasteiger partial charge in [0, 0.05) is 44.6 Å². The Morgan fingerprint density at radius 2 is 2.24 bits per heavy atom. The van der Waals surface area contributed by atoms with Gasteiger partial charge in [0.05, 0.1) is 6.54 Å². The SMILES string of the molecule is CCn1ccnc1CN1CCNCC1C.Cl.Cl. The third-order valence-corrected chi connectivity index (χ3v) is 3.13. The normalized spacial score (nSPS) is 20.5. The number of nitrogens with one attached hydrogen (secondary N) is 1. The van der Waals surface area contributed by atoms with Crippen LogP contribution in [0.2, 0.25) is 0 Å². The summed E-state index contributed by atoms with van der Waals surface area (Å²) in [6.07, 6.45) is 3.95. The molecule has 6 heteroatoms. The lowest BCUT2D eigenvalue weighted by atomic mass is 10.2. The maximum Gasteiger partial charge on any atom is 0.122 e. The number of rotatable bonds is 3. The van der Waals surface area contributed by atoms with E-state index in [0.717, 1.165) is 32.7 Å². The lowest BCUT2D eigenvalue weighted by Gasteiger charge is -2.33. The van der Waals surface area contributed by atoms with Crippen molar-refractivity contribution in [1.82, 2.24) is 19.8 Å². The van der Waals surface area contributed by atoms with E-state index in [1.165, 1.54) is 5.82 Å². The van der Waals surface area contributed by atoms with E-state index in [9.17, 15) is 0 Å². The summed E-state index contributed by atoms with van der Waals surface area (Å²) in [6.45, 7) is 9.72. The number of hydrogen-bond donors (Lipinski definition) is 1. The fourth-order valence-electron chi connectivity index (χ4n) is 2.08. The molecule has 1 aliphatic heterocycles. The first kappa shape index (κ1) is 16.7. The van der Waals surface area contributed by atoms with E-state index in [4.69, 9.17) is 0 Å². The Bertz CT molecular complexity index is 316. The summed E-state index contributed by atoms with van der Waals surface area (Å²) in [5.74, 6) is 1.19. The van der Waals surface area contributed by atoms with Gasteiger partial charge in [-0.05, 0) is 13.8 Å². The van der Waals surface area contributed by atoms with Crippen LogP contribution in [0.5, 0.6) is 0 Å². The molecule has 4 nitrogen and oxygen atoms in total. The van der Waals surface area contributed by atoms with E-state index in [-0.39, 0.29) is 24.8 Å². The van der Waals surface area contributed by atoms with Crippen LogP contribution in [0, 0.1) is 0 Å². The molecule has 0 saturated carbocycles. The Hall–Kier alpha value is -0.290. The Labute approximate surface area is 116 Å². The molecule has 1 saturated heterocycles. The highest BCUT2D eigenvalue weighted by Crippen LogP contribution is 2.08. The molecule has 1 aliphatic rings. The zero-order chi connectivity index (χ0) is 10.7. The summed E-state index contributed by atoms with van der Waals surface area (Å²) in [4.78, 5) is 6.91. The second-order valence-electron chi connectivity index (χ2n) is 4.15. The van der Waals surface area contributed by atoms with Crippen molar-refractivity contribution in [2.75, 3.05) is 19.6 Å². The molecule has 0 aliphatic carbocycles. The van der Waals surface area contributed by atoms with Crippen molar-refractivity contribution in [3.05, 3.63) is 18.2 Å². The summed E-state index contributed by atoms with van der Waals surface area (Å²) in [5.41, 5.74) is 0. The van der Waals surface area contributed by atoms with Crippen LogP contribution in [0.25, 0.3) is 0 Å². The van der Waals surface area contributed by atoms with Crippen LogP contribution in [-0.4, -0.2) is 40.1 Å². The third kappa shape index (κ3) is 4.14. The van der Waals surface area contributed by atoms with Crippen molar-refractivity contribution < 1.29 is 0 Å². The molecule has 0 spiro atoms. The summed E-state index contributed by atoms with van der Waals surface area (Å²) in [5, 5.41) is 3.40. The van der Waals surface area contributed by atoms with Gasteiger partial charge in [0.25, 0.3) is 0 Å². The minimum atomic E-state index is 0. The summed E-state index contributed by atoms with van der Waals surface area (Å²) in [7, 11) is 0. The fourth-order valence-corrected chi connectivity index (χ4v) is 2.08. The summed E-state index contributed by atoms with van der Waals surface area (Å²) < 4.78 is 2.22. The Kier molecular flexibility index (Phi) is 7.79. The van der Waals surface area contributed by atoms with E-state index < -0.39 is 0 Å². The molecule has 1 aromatic rings. The molecule has 1 aromatic heterocycles. The number of aryl methyl sites for hydroxylation is 1. The highest BCUT2D eigenvalue weighted by atomic mass is 35.5. The molecule has 17 heavy (non-hydrogen) atoms. The van der Waals surface area contributed by atoms with E-state index >= 15 is 0 Å². The second kappa shape index (κ2) is 7.93. The van der Waals surface area contributed by atoms with Crippen molar-refractivity contribution in [2.45, 2.75) is 33.0 Å². The lowest BCUT2D eigenvalue weighted by Crippen LogP contribution is -2.49. The second-order valence-corrected chi connectivity index (χ2v) is 4.15. The third-order valence-electron chi connectivity index (χ3n) is 3.13. The molecule has 0 radical (unpaired) electrons. The molecule has 2 heterocycles. The molecule has 100 valence electrons. The molecule has 1 fully saturated rings. The fraction of sp³-hybridized carbons (Fsp3) is 0.727. The van der Waals surface area contributed by atoms with Gasteiger partial charge in [0.1, 0.15) is 5.82 Å². The molecular weight excluding hydrogens is 259 g/mol. The van der Waals surface area contributed by atoms with Gasteiger partial charge in [-0.2, -0.15) is 0 Å². The topological polar surface area (TPSA) is 33.1 Å². The Balaban J connectivity index is 0.00000128. The first-order valence-electron chi connectivity index (χ1n) is 5.76. The highest BCUT2D eigenvalue weighted by molar-refractivity contribution is 5.85. The van der Waals surface area contributed by atoms with E-state index in [1.807, 2.05) is 6.20 Å². The van der Waals surface area contributed by atoms with Gasteiger partial charge < -0.3 is 9.88 Å². The molecule has 0 aromatic carbocycles. The molecule has 0 amide bonds. The first-order chi connectivity index (χ1) is 7.31. The van der Waals surface area contributed by atoms with Crippen LogP contribution in [0.1, 0.15) is 19.7 Å². The molecule has 1 atom stereocenters. The highest BCUT2D eigenvalue weighted by Gasteiger charge is 2.19. The maximum atomic E-state index is 4.42. The van der Waals surface area contributed by atoms with Crippen molar-refractivity contribution in [3.63, 3.8) is 0 Å². The van der Waals surface area contributed by atoms with Crippen molar-refractivity contribution in [1.29, 1.82) is 0 Å². The molecular formula is C11H22Cl2N4. The number of piperazine rings is 1. The largest absolute Gasteiger partial charge is 0.334 e. The van der Waals surface area contributed by atoms with Gasteiger partial charge >= 0.3 is 0 Å². The Morgan fingerprint density at radius 1 is 1.47 bits per heavy atom. The number of halogens is 2. The van der Waals surface area contributed by atoms with Crippen LogP contribution < -0.4 is 5.32 Å². The zero-order valence-corrected chi connectivity index (χ0v) is 12.1. The van der Waals surface area contributed by atoms with Gasteiger partial charge in [0.2, 0.25) is 0 Å². The van der Waals surface area contributed by atoms with Gasteiger partial charge in [0.15, 0.2) is 0 Å². The van der Waals surface area contributed by atoms with E-state index in [1.54, 1.807) is 0 Å². The first-order valence-corrected chi connectivity index (χ1v) is 5.76. The van der Waals surface area contributed by atoms with Gasteiger partial charge in [-0.3, -0.25) is 4.90 Å². The Morgan fingerprint density at radius 3 is 2.88 bits per heavy atom. The lowest BCUT2D eigenvalue weighted by molar-refractivity contribution is 0.160. The van der Waals surface area contributed by atoms with Crippen molar-refractivity contribution in [2.24, 2.45) is 0 Å². The molecule has 1 unspecified atom stereocenters. The molecule has 0 bridgehead atoms. The predicted molar refractivity (Wildman–Crippen MR) is 75.1 cm³/mol. The van der Waals surface area contributed by atoms with Crippen LogP contribution in [0.15, 0.2) is 12.4 Å². The van der Waals surface area contributed by atoms with Crippen LogP contribution in [0.3, 0.4) is 0 Å². The zero-order valence-electron chi connectivity index (χ0n) is 10.4. The molecule has 1 N–H and O–H groups in total. The minimum Gasteiger partial charge on any atom is -0.334 e. The van der Waals surface area contributed by atoms with Crippen LogP contribution in [-0.2, 0) is 13.1 Å². The average molecular weight is 281 g/mol. The van der Waals surface area contributed by atoms with Crippen molar-refractivity contribution >= 4 is 24.8 Å². The number of imidazole rings is 1. The van der Waals surface area contributed by atoms with Gasteiger partial charge in [-0.15, -0.1) is 24.8 Å². The average Bonchev–Trinajstić information content (AvgIpc) is 2.69. The van der Waals surface area contributed by atoms with Gasteiger partial charge in [-0.1, -0.05) is 0 Å². The predicted octanol–water partition coefficient (Wildman–Crippen LogP) is 1.54. The standard InChI is InChI=1S/C11H20N4.2ClH/c1-3-14-7-5-13-11(14)9-15-6-4-12-8-10(15)2;;/h5,7,10,12H,3-4,6,8-9H2,1-2H3;2*1H. The van der Waals surface area contributed by atoms with Crippen molar-refractivity contribution in [3.8, 4) is 0 Å². The number of hydrogen-bond acceptors (Lipinski definition) is 3. The van der Waals surface area contributed by atoms with E-state index in [2.05, 4.69) is 39.8 Å². The van der Waals surface area contributed by atoms with Crippen LogP contribution in [0.4, 0.5) is 0 Å². The summed E-state index contributed by atoms with van der Waals surface area (Å²) in [6, 6.07) is 0.612. The van der Waals surface area contributed by atoms with E-state index in [0.29, 0.717) is 6.04 Å². The molecule has 2 rings (SSSR count).